The Morgan fingerprint density at radius 3 is 2.43 bits per heavy atom. The van der Waals surface area contributed by atoms with Gasteiger partial charge < -0.3 is 9.88 Å². The molecule has 0 aliphatic carbocycles. The second-order valence-electron chi connectivity index (χ2n) is 5.32. The summed E-state index contributed by atoms with van der Waals surface area (Å²) < 4.78 is 1.93. The monoisotopic (exact) mass is 284 g/mol. The van der Waals surface area contributed by atoms with E-state index < -0.39 is 0 Å². The van der Waals surface area contributed by atoms with E-state index in [0.29, 0.717) is 6.54 Å². The van der Waals surface area contributed by atoms with Gasteiger partial charge in [0.15, 0.2) is 0 Å². The molecule has 21 heavy (non-hydrogen) atoms. The van der Waals surface area contributed by atoms with Crippen molar-refractivity contribution >= 4 is 0 Å². The quantitative estimate of drug-likeness (QED) is 0.879. The van der Waals surface area contributed by atoms with E-state index in [9.17, 15) is 4.79 Å². The SMILES string of the molecule is CCNCc1ccc(-c2ccccc2)n(C(C)CC)c1=O. The molecule has 0 aliphatic rings. The average Bonchev–Trinajstić information content (AvgIpc) is 2.53. The van der Waals surface area contributed by atoms with Crippen molar-refractivity contribution in [2.75, 3.05) is 6.54 Å². The summed E-state index contributed by atoms with van der Waals surface area (Å²) in [5.74, 6) is 0. The predicted molar refractivity (Wildman–Crippen MR) is 88.5 cm³/mol. The van der Waals surface area contributed by atoms with Gasteiger partial charge in [0.2, 0.25) is 0 Å². The Morgan fingerprint density at radius 2 is 1.81 bits per heavy atom. The minimum atomic E-state index is 0.117. The molecule has 2 rings (SSSR count). The Balaban J connectivity index is 2.56. The van der Waals surface area contributed by atoms with Crippen LogP contribution in [0.25, 0.3) is 11.3 Å². The molecule has 0 saturated carbocycles. The number of nitrogens with zero attached hydrogens (tertiary/aromatic N) is 1. The third kappa shape index (κ3) is 3.42. The van der Waals surface area contributed by atoms with E-state index >= 15 is 0 Å². The number of rotatable bonds is 6. The van der Waals surface area contributed by atoms with Crippen LogP contribution in [0, 0.1) is 0 Å². The van der Waals surface area contributed by atoms with E-state index in [2.05, 4.69) is 37.4 Å². The molecular formula is C18H24N2O. The van der Waals surface area contributed by atoms with Gasteiger partial charge in [0, 0.05) is 18.2 Å². The smallest absolute Gasteiger partial charge is 0.255 e. The number of benzene rings is 1. The molecule has 1 N–H and O–H groups in total. The molecule has 2 aromatic rings. The van der Waals surface area contributed by atoms with Crippen molar-refractivity contribution in [2.45, 2.75) is 39.8 Å². The van der Waals surface area contributed by atoms with Gasteiger partial charge in [-0.15, -0.1) is 0 Å². The van der Waals surface area contributed by atoms with Crippen LogP contribution in [0.2, 0.25) is 0 Å². The lowest BCUT2D eigenvalue weighted by atomic mass is 10.1. The van der Waals surface area contributed by atoms with Gasteiger partial charge >= 0.3 is 0 Å². The summed E-state index contributed by atoms with van der Waals surface area (Å²) in [6, 6.07) is 14.3. The zero-order valence-corrected chi connectivity index (χ0v) is 13.1. The molecule has 1 aromatic heterocycles. The second-order valence-corrected chi connectivity index (χ2v) is 5.32. The summed E-state index contributed by atoms with van der Waals surface area (Å²) in [6.45, 7) is 7.75. The van der Waals surface area contributed by atoms with Crippen LogP contribution in [0.4, 0.5) is 0 Å². The van der Waals surface area contributed by atoms with Gasteiger partial charge in [-0.2, -0.15) is 0 Å². The Bertz CT molecular complexity index is 631. The summed E-state index contributed by atoms with van der Waals surface area (Å²) in [6.07, 6.45) is 0.935. The van der Waals surface area contributed by atoms with Crippen LogP contribution in [-0.2, 0) is 6.54 Å². The lowest BCUT2D eigenvalue weighted by Crippen LogP contribution is -2.30. The first-order valence-electron chi connectivity index (χ1n) is 7.69. The van der Waals surface area contributed by atoms with Gasteiger partial charge in [-0.3, -0.25) is 4.79 Å². The van der Waals surface area contributed by atoms with Crippen LogP contribution in [0.5, 0.6) is 0 Å². The van der Waals surface area contributed by atoms with E-state index in [4.69, 9.17) is 0 Å². The molecule has 0 bridgehead atoms. The maximum atomic E-state index is 12.8. The molecule has 3 heteroatoms. The highest BCUT2D eigenvalue weighted by Crippen LogP contribution is 2.22. The topological polar surface area (TPSA) is 34.0 Å². The van der Waals surface area contributed by atoms with E-state index in [1.54, 1.807) is 0 Å². The summed E-state index contributed by atoms with van der Waals surface area (Å²) in [4.78, 5) is 12.8. The predicted octanol–water partition coefficient (Wildman–Crippen LogP) is 3.60. The molecule has 0 fully saturated rings. The van der Waals surface area contributed by atoms with Gasteiger partial charge in [-0.05, 0) is 31.5 Å². The van der Waals surface area contributed by atoms with Crippen molar-refractivity contribution in [2.24, 2.45) is 0 Å². The van der Waals surface area contributed by atoms with Gasteiger partial charge in [0.25, 0.3) is 5.56 Å². The summed E-state index contributed by atoms with van der Waals surface area (Å²) in [5, 5.41) is 3.24. The van der Waals surface area contributed by atoms with Crippen molar-refractivity contribution < 1.29 is 0 Å². The molecule has 1 unspecified atom stereocenters. The molecule has 0 spiro atoms. The zero-order chi connectivity index (χ0) is 15.2. The maximum absolute atomic E-state index is 12.8. The van der Waals surface area contributed by atoms with E-state index in [-0.39, 0.29) is 11.6 Å². The van der Waals surface area contributed by atoms with Crippen molar-refractivity contribution in [3.05, 3.63) is 58.4 Å². The van der Waals surface area contributed by atoms with Crippen LogP contribution in [0.1, 0.15) is 38.8 Å². The standard InChI is InChI=1S/C18H24N2O/c1-4-14(3)20-17(15-9-7-6-8-10-15)12-11-16(18(20)21)13-19-5-2/h6-12,14,19H,4-5,13H2,1-3H3. The molecule has 1 atom stereocenters. The lowest BCUT2D eigenvalue weighted by molar-refractivity contribution is 0.514. The fraction of sp³-hybridized carbons (Fsp3) is 0.389. The van der Waals surface area contributed by atoms with Crippen LogP contribution in [0.3, 0.4) is 0 Å². The maximum Gasteiger partial charge on any atom is 0.255 e. The van der Waals surface area contributed by atoms with Crippen molar-refractivity contribution in [1.82, 2.24) is 9.88 Å². The van der Waals surface area contributed by atoms with Crippen molar-refractivity contribution in [3.63, 3.8) is 0 Å². The minimum Gasteiger partial charge on any atom is -0.313 e. The fourth-order valence-corrected chi connectivity index (χ4v) is 2.45. The average molecular weight is 284 g/mol. The first kappa shape index (κ1) is 15.5. The highest BCUT2D eigenvalue weighted by molar-refractivity contribution is 5.59. The number of hydrogen-bond acceptors (Lipinski definition) is 2. The van der Waals surface area contributed by atoms with Crippen molar-refractivity contribution in [3.8, 4) is 11.3 Å². The fourth-order valence-electron chi connectivity index (χ4n) is 2.45. The lowest BCUT2D eigenvalue weighted by Gasteiger charge is -2.20. The van der Waals surface area contributed by atoms with Crippen molar-refractivity contribution in [1.29, 1.82) is 0 Å². The molecule has 0 saturated heterocycles. The molecular weight excluding hydrogens is 260 g/mol. The second kappa shape index (κ2) is 7.23. The molecule has 0 radical (unpaired) electrons. The highest BCUT2D eigenvalue weighted by Gasteiger charge is 2.14. The first-order valence-corrected chi connectivity index (χ1v) is 7.69. The molecule has 1 heterocycles. The van der Waals surface area contributed by atoms with Gasteiger partial charge in [-0.1, -0.05) is 50.2 Å². The Kier molecular flexibility index (Phi) is 5.34. The summed E-state index contributed by atoms with van der Waals surface area (Å²) in [7, 11) is 0. The number of pyridine rings is 1. The number of nitrogens with one attached hydrogen (secondary N) is 1. The molecule has 0 amide bonds. The van der Waals surface area contributed by atoms with Crippen LogP contribution >= 0.6 is 0 Å². The minimum absolute atomic E-state index is 0.117. The highest BCUT2D eigenvalue weighted by atomic mass is 16.1. The Morgan fingerprint density at radius 1 is 1.10 bits per heavy atom. The normalized spacial score (nSPS) is 12.3. The zero-order valence-electron chi connectivity index (χ0n) is 13.1. The van der Waals surface area contributed by atoms with Gasteiger partial charge in [0.05, 0.1) is 5.69 Å². The number of hydrogen-bond donors (Lipinski definition) is 1. The summed E-state index contributed by atoms with van der Waals surface area (Å²) >= 11 is 0. The molecule has 0 aliphatic heterocycles. The van der Waals surface area contributed by atoms with Crippen LogP contribution in [-0.4, -0.2) is 11.1 Å². The largest absolute Gasteiger partial charge is 0.313 e. The molecule has 1 aromatic carbocycles. The van der Waals surface area contributed by atoms with Crippen LogP contribution < -0.4 is 10.9 Å². The molecule has 112 valence electrons. The van der Waals surface area contributed by atoms with E-state index in [1.807, 2.05) is 35.8 Å². The van der Waals surface area contributed by atoms with E-state index in [1.165, 1.54) is 0 Å². The summed E-state index contributed by atoms with van der Waals surface area (Å²) in [5.41, 5.74) is 3.03. The first-order chi connectivity index (χ1) is 10.2. The van der Waals surface area contributed by atoms with Gasteiger partial charge in [0.1, 0.15) is 0 Å². The van der Waals surface area contributed by atoms with Gasteiger partial charge in [-0.25, -0.2) is 0 Å². The third-order valence-corrected chi connectivity index (χ3v) is 3.86. The Hall–Kier alpha value is -1.87. The number of aromatic nitrogens is 1. The third-order valence-electron chi connectivity index (χ3n) is 3.86. The van der Waals surface area contributed by atoms with E-state index in [0.717, 1.165) is 29.8 Å². The Labute approximate surface area is 126 Å². The van der Waals surface area contributed by atoms with Crippen LogP contribution in [0.15, 0.2) is 47.3 Å². The molecule has 3 nitrogen and oxygen atoms in total.